The van der Waals surface area contributed by atoms with E-state index in [2.05, 4.69) is 0 Å². The van der Waals surface area contributed by atoms with E-state index < -0.39 is 6.09 Å². The highest BCUT2D eigenvalue weighted by Gasteiger charge is 2.21. The van der Waals surface area contributed by atoms with Crippen LogP contribution in [0.2, 0.25) is 0 Å². The monoisotopic (exact) mass is 509 g/mol. The van der Waals surface area contributed by atoms with Crippen LogP contribution in [0.1, 0.15) is 15.9 Å². The second kappa shape index (κ2) is 12.3. The summed E-state index contributed by atoms with van der Waals surface area (Å²) in [5, 5.41) is 0. The van der Waals surface area contributed by atoms with Gasteiger partial charge in [0.05, 0.1) is 38.3 Å². The first kappa shape index (κ1) is 26.0. The number of para-hydroxylation sites is 2. The van der Waals surface area contributed by atoms with Crippen LogP contribution in [0.15, 0.2) is 103 Å². The lowest BCUT2D eigenvalue weighted by Gasteiger charge is -2.22. The molecule has 0 unspecified atom stereocenters. The molecule has 0 saturated heterocycles. The summed E-state index contributed by atoms with van der Waals surface area (Å²) in [6, 6.07) is 28.5. The number of nitrogens with zero attached hydrogens (tertiary/aromatic N) is 1. The van der Waals surface area contributed by atoms with Crippen molar-refractivity contribution >= 4 is 29.3 Å². The van der Waals surface area contributed by atoms with Crippen molar-refractivity contribution in [3.8, 4) is 23.0 Å². The van der Waals surface area contributed by atoms with E-state index in [1.807, 2.05) is 60.7 Å². The topological polar surface area (TPSA) is 74.3 Å². The highest BCUT2D eigenvalue weighted by Crippen LogP contribution is 2.32. The number of benzene rings is 4. The first-order chi connectivity index (χ1) is 18.5. The number of allylic oxidation sites excluding steroid dienone is 1. The fourth-order valence-electron chi connectivity index (χ4n) is 3.79. The van der Waals surface area contributed by atoms with Crippen molar-refractivity contribution in [2.45, 2.75) is 0 Å². The highest BCUT2D eigenvalue weighted by atomic mass is 16.6. The summed E-state index contributed by atoms with van der Waals surface area (Å²) < 4.78 is 21.8. The summed E-state index contributed by atoms with van der Waals surface area (Å²) in [5.41, 5.74) is 2.38. The van der Waals surface area contributed by atoms with Crippen molar-refractivity contribution < 1.29 is 28.5 Å². The Balaban J connectivity index is 1.56. The Bertz CT molecular complexity index is 1390. The van der Waals surface area contributed by atoms with Crippen LogP contribution in [0.4, 0.5) is 16.2 Å². The molecule has 0 radical (unpaired) electrons. The summed E-state index contributed by atoms with van der Waals surface area (Å²) >= 11 is 0. The van der Waals surface area contributed by atoms with Crippen LogP contribution < -0.4 is 23.8 Å². The molecule has 0 aliphatic carbocycles. The minimum atomic E-state index is -0.593. The molecule has 0 bridgehead atoms. The molecule has 0 aliphatic heterocycles. The number of amides is 1. The molecule has 0 atom stereocenters. The number of anilines is 2. The van der Waals surface area contributed by atoms with Crippen LogP contribution in [0.25, 0.3) is 6.08 Å². The summed E-state index contributed by atoms with van der Waals surface area (Å²) in [5.74, 6) is 1.33. The molecule has 0 fully saturated rings. The Hall–Kier alpha value is -5.04. The average molecular weight is 510 g/mol. The number of ketones is 1. The van der Waals surface area contributed by atoms with E-state index in [1.54, 1.807) is 42.5 Å². The van der Waals surface area contributed by atoms with E-state index in [4.69, 9.17) is 18.9 Å². The number of methoxy groups -OCH3 is 3. The van der Waals surface area contributed by atoms with E-state index in [9.17, 15) is 9.59 Å². The van der Waals surface area contributed by atoms with Gasteiger partial charge in [0, 0.05) is 0 Å². The summed E-state index contributed by atoms with van der Waals surface area (Å²) in [4.78, 5) is 27.6. The van der Waals surface area contributed by atoms with Crippen LogP contribution in [-0.4, -0.2) is 33.2 Å². The van der Waals surface area contributed by atoms with E-state index >= 15 is 0 Å². The third-order valence-electron chi connectivity index (χ3n) is 5.70. The van der Waals surface area contributed by atoms with Gasteiger partial charge in [-0.05, 0) is 66.2 Å². The molecule has 7 heteroatoms. The molecule has 0 N–H and O–H groups in total. The largest absolute Gasteiger partial charge is 0.497 e. The van der Waals surface area contributed by atoms with Gasteiger partial charge >= 0.3 is 6.09 Å². The van der Waals surface area contributed by atoms with Gasteiger partial charge in [-0.15, -0.1) is 0 Å². The number of hydrogen-bond acceptors (Lipinski definition) is 6. The molecule has 0 spiro atoms. The SMILES string of the molecule is COc1ccc(OC)c(C(=O)C=Cc2ccc(OC(=O)N(c3ccccc3)c3ccccc3)c(OC)c2)c1. The zero-order chi connectivity index (χ0) is 26.9. The van der Waals surface area contributed by atoms with Gasteiger partial charge in [0.2, 0.25) is 0 Å². The third-order valence-corrected chi connectivity index (χ3v) is 5.70. The Morgan fingerprint density at radius 1 is 0.658 bits per heavy atom. The maximum atomic E-state index is 13.3. The maximum Gasteiger partial charge on any atom is 0.424 e. The molecule has 4 aromatic carbocycles. The Morgan fingerprint density at radius 3 is 1.84 bits per heavy atom. The maximum absolute atomic E-state index is 13.3. The Kier molecular flexibility index (Phi) is 8.41. The second-order valence-corrected chi connectivity index (χ2v) is 8.05. The zero-order valence-electron chi connectivity index (χ0n) is 21.3. The minimum absolute atomic E-state index is 0.243. The van der Waals surface area contributed by atoms with Crippen molar-refractivity contribution in [2.24, 2.45) is 0 Å². The van der Waals surface area contributed by atoms with Crippen LogP contribution in [-0.2, 0) is 0 Å². The molecule has 4 rings (SSSR count). The predicted molar refractivity (Wildman–Crippen MR) is 147 cm³/mol. The Morgan fingerprint density at radius 2 is 1.26 bits per heavy atom. The van der Waals surface area contributed by atoms with Crippen LogP contribution in [0.5, 0.6) is 23.0 Å². The van der Waals surface area contributed by atoms with Crippen LogP contribution in [0.3, 0.4) is 0 Å². The van der Waals surface area contributed by atoms with Crippen molar-refractivity contribution in [1.82, 2.24) is 0 Å². The van der Waals surface area contributed by atoms with Crippen LogP contribution >= 0.6 is 0 Å². The standard InChI is InChI=1S/C31H27NO6/c1-35-25-16-19-28(36-2)26(21-25)27(33)17-14-22-15-18-29(30(20-22)37-3)38-31(34)32(23-10-6-4-7-11-23)24-12-8-5-9-13-24/h4-21H,1-3H3. The van der Waals surface area contributed by atoms with Gasteiger partial charge in [0.1, 0.15) is 11.5 Å². The molecule has 0 saturated carbocycles. The van der Waals surface area contributed by atoms with Gasteiger partial charge in [-0.1, -0.05) is 48.5 Å². The Labute approximate surface area is 221 Å². The quantitative estimate of drug-likeness (QED) is 0.180. The lowest BCUT2D eigenvalue weighted by molar-refractivity contribution is 0.104. The van der Waals surface area contributed by atoms with Crippen molar-refractivity contribution in [3.05, 3.63) is 114 Å². The summed E-state index contributed by atoms with van der Waals surface area (Å²) in [6.07, 6.45) is 2.49. The van der Waals surface area contributed by atoms with Crippen molar-refractivity contribution in [2.75, 3.05) is 26.2 Å². The molecular formula is C31H27NO6. The molecule has 38 heavy (non-hydrogen) atoms. The zero-order valence-corrected chi connectivity index (χ0v) is 21.3. The fraction of sp³-hybridized carbons (Fsp3) is 0.0968. The average Bonchev–Trinajstić information content (AvgIpc) is 2.97. The first-order valence-corrected chi connectivity index (χ1v) is 11.8. The third kappa shape index (κ3) is 6.02. The lowest BCUT2D eigenvalue weighted by atomic mass is 10.1. The van der Waals surface area contributed by atoms with Gasteiger partial charge in [-0.3, -0.25) is 4.79 Å². The molecule has 1 amide bonds. The summed E-state index contributed by atoms with van der Waals surface area (Å²) in [7, 11) is 4.52. The molecule has 0 heterocycles. The minimum Gasteiger partial charge on any atom is -0.497 e. The number of carbonyl (C=O) groups is 2. The number of hydrogen-bond donors (Lipinski definition) is 0. The number of ether oxygens (including phenoxy) is 4. The predicted octanol–water partition coefficient (Wildman–Crippen LogP) is 6.95. The normalized spacial score (nSPS) is 10.6. The van der Waals surface area contributed by atoms with Gasteiger partial charge in [-0.2, -0.15) is 0 Å². The van der Waals surface area contributed by atoms with Gasteiger partial charge in [0.25, 0.3) is 0 Å². The van der Waals surface area contributed by atoms with Gasteiger partial charge in [-0.25, -0.2) is 9.69 Å². The highest BCUT2D eigenvalue weighted by molar-refractivity contribution is 6.09. The van der Waals surface area contributed by atoms with Crippen LogP contribution in [0, 0.1) is 0 Å². The van der Waals surface area contributed by atoms with Crippen molar-refractivity contribution in [3.63, 3.8) is 0 Å². The smallest absolute Gasteiger partial charge is 0.424 e. The molecule has 7 nitrogen and oxygen atoms in total. The number of rotatable bonds is 9. The molecule has 192 valence electrons. The van der Waals surface area contributed by atoms with Gasteiger partial charge in [0.15, 0.2) is 17.3 Å². The molecule has 0 aliphatic rings. The van der Waals surface area contributed by atoms with E-state index in [0.717, 1.165) is 0 Å². The first-order valence-electron chi connectivity index (χ1n) is 11.8. The van der Waals surface area contributed by atoms with E-state index in [1.165, 1.54) is 32.3 Å². The lowest BCUT2D eigenvalue weighted by Crippen LogP contribution is -2.29. The van der Waals surface area contributed by atoms with Gasteiger partial charge < -0.3 is 18.9 Å². The molecule has 4 aromatic rings. The summed E-state index contributed by atoms with van der Waals surface area (Å²) in [6.45, 7) is 0. The molecular weight excluding hydrogens is 482 g/mol. The van der Waals surface area contributed by atoms with E-state index in [0.29, 0.717) is 39.8 Å². The fourth-order valence-corrected chi connectivity index (χ4v) is 3.79. The van der Waals surface area contributed by atoms with Crippen molar-refractivity contribution in [1.29, 1.82) is 0 Å². The second-order valence-electron chi connectivity index (χ2n) is 8.05. The molecule has 0 aromatic heterocycles. The number of carbonyl (C=O) groups excluding carboxylic acids is 2. The van der Waals surface area contributed by atoms with E-state index in [-0.39, 0.29) is 11.5 Å².